The van der Waals surface area contributed by atoms with E-state index >= 15 is 0 Å². The highest BCUT2D eigenvalue weighted by Crippen LogP contribution is 2.44. The molecule has 0 unspecified atom stereocenters. The highest BCUT2D eigenvalue weighted by molar-refractivity contribution is 7.15. The van der Waals surface area contributed by atoms with Crippen LogP contribution in [0.4, 0.5) is 5.69 Å². The Balaban J connectivity index is 1.80. The number of nitrogens with one attached hydrogen (secondary N) is 1. The normalized spacial score (nSPS) is 19.6. The fraction of sp³-hybridized carbons (Fsp3) is 0.455. The molecule has 0 radical (unpaired) electrons. The minimum atomic E-state index is -0.386. The first-order valence-corrected chi connectivity index (χ1v) is 11.4. The SMILES string of the molecule is CCOC(=O)c1sc(C)c2c1N[C@H](c1ccc(Cl)cc1)N(C1CCCCC1)C2=O. The zero-order chi connectivity index (χ0) is 20.5. The van der Waals surface area contributed by atoms with E-state index in [1.807, 2.05) is 36.1 Å². The molecule has 1 N–H and O–H groups in total. The fourth-order valence-corrected chi connectivity index (χ4v) is 5.49. The smallest absolute Gasteiger partial charge is 0.350 e. The molecule has 4 rings (SSSR count). The van der Waals surface area contributed by atoms with E-state index in [1.54, 1.807) is 6.92 Å². The zero-order valence-corrected chi connectivity index (χ0v) is 18.2. The highest BCUT2D eigenvalue weighted by Gasteiger charge is 2.41. The molecular formula is C22H25ClN2O3S. The van der Waals surface area contributed by atoms with Crippen LogP contribution >= 0.6 is 22.9 Å². The summed E-state index contributed by atoms with van der Waals surface area (Å²) in [5.41, 5.74) is 2.16. The van der Waals surface area contributed by atoms with Crippen LogP contribution in [-0.4, -0.2) is 29.4 Å². The maximum absolute atomic E-state index is 13.7. The van der Waals surface area contributed by atoms with Gasteiger partial charge in [-0.1, -0.05) is 43.0 Å². The number of nitrogens with zero attached hydrogens (tertiary/aromatic N) is 1. The van der Waals surface area contributed by atoms with Crippen LogP contribution < -0.4 is 5.32 Å². The average Bonchev–Trinajstić information content (AvgIpc) is 3.06. The van der Waals surface area contributed by atoms with Gasteiger partial charge in [-0.2, -0.15) is 0 Å². The summed E-state index contributed by atoms with van der Waals surface area (Å²) < 4.78 is 5.23. The molecule has 1 aromatic carbocycles. The van der Waals surface area contributed by atoms with Gasteiger partial charge in [0, 0.05) is 15.9 Å². The van der Waals surface area contributed by atoms with Gasteiger partial charge in [0.1, 0.15) is 11.0 Å². The lowest BCUT2D eigenvalue weighted by molar-refractivity contribution is 0.0519. The quantitative estimate of drug-likeness (QED) is 0.621. The van der Waals surface area contributed by atoms with Crippen LogP contribution in [0.15, 0.2) is 24.3 Å². The van der Waals surface area contributed by atoms with E-state index in [9.17, 15) is 9.59 Å². The Morgan fingerprint density at radius 3 is 2.59 bits per heavy atom. The summed E-state index contributed by atoms with van der Waals surface area (Å²) in [6, 6.07) is 7.74. The number of carbonyl (C=O) groups excluding carboxylic acids is 2. The second-order valence-corrected chi connectivity index (χ2v) is 9.22. The Kier molecular flexibility index (Phi) is 5.83. The second kappa shape index (κ2) is 8.36. The van der Waals surface area contributed by atoms with Crippen LogP contribution in [0.3, 0.4) is 0 Å². The molecule has 1 amide bonds. The van der Waals surface area contributed by atoms with Gasteiger partial charge >= 0.3 is 5.97 Å². The van der Waals surface area contributed by atoms with Crippen molar-refractivity contribution in [3.8, 4) is 0 Å². The van der Waals surface area contributed by atoms with Crippen molar-refractivity contribution < 1.29 is 14.3 Å². The van der Waals surface area contributed by atoms with Crippen molar-refractivity contribution in [1.29, 1.82) is 0 Å². The molecule has 0 bridgehead atoms. The lowest BCUT2D eigenvalue weighted by atomic mass is 9.91. The number of rotatable bonds is 4. The summed E-state index contributed by atoms with van der Waals surface area (Å²) in [5, 5.41) is 4.16. The number of amides is 1. The maximum atomic E-state index is 13.7. The van der Waals surface area contributed by atoms with Crippen LogP contribution in [0.1, 0.15) is 75.7 Å². The summed E-state index contributed by atoms with van der Waals surface area (Å²) in [6.45, 7) is 3.98. The van der Waals surface area contributed by atoms with Gasteiger partial charge in [0.2, 0.25) is 0 Å². The van der Waals surface area contributed by atoms with Gasteiger partial charge in [0.25, 0.3) is 5.91 Å². The molecule has 1 saturated carbocycles. The third kappa shape index (κ3) is 3.76. The minimum absolute atomic E-state index is 0.00472. The second-order valence-electron chi connectivity index (χ2n) is 7.56. The van der Waals surface area contributed by atoms with Crippen molar-refractivity contribution in [2.75, 3.05) is 11.9 Å². The summed E-state index contributed by atoms with van der Waals surface area (Å²) in [7, 11) is 0. The molecule has 2 aliphatic rings. The van der Waals surface area contributed by atoms with Crippen LogP contribution in [0.5, 0.6) is 0 Å². The predicted molar refractivity (Wildman–Crippen MR) is 116 cm³/mol. The van der Waals surface area contributed by atoms with Gasteiger partial charge in [-0.25, -0.2) is 4.79 Å². The van der Waals surface area contributed by atoms with Crippen LogP contribution in [0, 0.1) is 6.92 Å². The Bertz CT molecular complexity index is 919. The summed E-state index contributed by atoms with van der Waals surface area (Å²) in [6.07, 6.45) is 5.14. The summed E-state index contributed by atoms with van der Waals surface area (Å²) >= 11 is 7.41. The number of hydrogen-bond acceptors (Lipinski definition) is 5. The number of aryl methyl sites for hydroxylation is 1. The Morgan fingerprint density at radius 2 is 1.93 bits per heavy atom. The van der Waals surface area contributed by atoms with E-state index in [2.05, 4.69) is 5.32 Å². The Labute approximate surface area is 180 Å². The molecule has 29 heavy (non-hydrogen) atoms. The summed E-state index contributed by atoms with van der Waals surface area (Å²) in [4.78, 5) is 29.5. The van der Waals surface area contributed by atoms with Gasteiger partial charge < -0.3 is 15.0 Å². The fourth-order valence-electron chi connectivity index (χ4n) is 4.36. The first-order valence-electron chi connectivity index (χ1n) is 10.2. The molecule has 2 heterocycles. The molecule has 0 spiro atoms. The molecule has 1 aromatic heterocycles. The number of carbonyl (C=O) groups is 2. The van der Waals surface area contributed by atoms with Crippen LogP contribution in [-0.2, 0) is 4.74 Å². The number of halogens is 1. The monoisotopic (exact) mass is 432 g/mol. The number of fused-ring (bicyclic) bond motifs is 1. The molecule has 1 fully saturated rings. The van der Waals surface area contributed by atoms with Gasteiger partial charge in [0.15, 0.2) is 0 Å². The Hall–Kier alpha value is -2.05. The topological polar surface area (TPSA) is 58.6 Å². The molecule has 0 saturated heterocycles. The summed E-state index contributed by atoms with van der Waals surface area (Å²) in [5.74, 6) is -0.391. The van der Waals surface area contributed by atoms with E-state index in [-0.39, 0.29) is 24.1 Å². The first-order chi connectivity index (χ1) is 14.0. The number of ether oxygens (including phenoxy) is 1. The standard InChI is InChI=1S/C22H25ClN2O3S/c1-3-28-22(27)19-18-17(13(2)29-19)21(26)25(16-7-5-4-6-8-16)20(24-18)14-9-11-15(23)12-10-14/h9-12,16,20,24H,3-8H2,1-2H3/t20-/m0/s1. The number of anilines is 1. The molecule has 154 valence electrons. The first kappa shape index (κ1) is 20.2. The number of esters is 1. The minimum Gasteiger partial charge on any atom is -0.462 e. The number of benzene rings is 1. The molecular weight excluding hydrogens is 408 g/mol. The van der Waals surface area contributed by atoms with Gasteiger partial charge in [-0.15, -0.1) is 11.3 Å². The van der Waals surface area contributed by atoms with E-state index in [0.717, 1.165) is 36.1 Å². The van der Waals surface area contributed by atoms with Crippen molar-refractivity contribution in [3.63, 3.8) is 0 Å². The lowest BCUT2D eigenvalue weighted by Crippen LogP contribution is -2.49. The number of hydrogen-bond donors (Lipinski definition) is 1. The molecule has 5 nitrogen and oxygen atoms in total. The van der Waals surface area contributed by atoms with E-state index in [1.165, 1.54) is 17.8 Å². The highest BCUT2D eigenvalue weighted by atomic mass is 35.5. The molecule has 2 aromatic rings. The largest absolute Gasteiger partial charge is 0.462 e. The van der Waals surface area contributed by atoms with E-state index < -0.39 is 0 Å². The third-order valence-corrected chi connectivity index (χ3v) is 7.04. The van der Waals surface area contributed by atoms with E-state index in [4.69, 9.17) is 16.3 Å². The molecule has 1 aliphatic heterocycles. The van der Waals surface area contributed by atoms with Crippen molar-refractivity contribution in [3.05, 3.63) is 50.2 Å². The molecule has 7 heteroatoms. The predicted octanol–water partition coefficient (Wildman–Crippen LogP) is 5.79. The third-order valence-electron chi connectivity index (χ3n) is 5.71. The van der Waals surface area contributed by atoms with Crippen LogP contribution in [0.25, 0.3) is 0 Å². The number of thiophene rings is 1. The van der Waals surface area contributed by atoms with Crippen molar-refractivity contribution in [2.45, 2.75) is 58.2 Å². The Morgan fingerprint density at radius 1 is 1.24 bits per heavy atom. The van der Waals surface area contributed by atoms with Crippen molar-refractivity contribution >= 4 is 40.5 Å². The molecule has 1 atom stereocenters. The maximum Gasteiger partial charge on any atom is 0.350 e. The van der Waals surface area contributed by atoms with Gasteiger partial charge in [0.05, 0.1) is 17.9 Å². The van der Waals surface area contributed by atoms with Gasteiger partial charge in [-0.3, -0.25) is 4.79 Å². The van der Waals surface area contributed by atoms with Crippen LogP contribution in [0.2, 0.25) is 5.02 Å². The van der Waals surface area contributed by atoms with Crippen molar-refractivity contribution in [1.82, 2.24) is 4.90 Å². The zero-order valence-electron chi connectivity index (χ0n) is 16.7. The van der Waals surface area contributed by atoms with Crippen molar-refractivity contribution in [2.24, 2.45) is 0 Å². The van der Waals surface area contributed by atoms with Gasteiger partial charge in [-0.05, 0) is 44.4 Å². The average molecular weight is 433 g/mol. The molecule has 1 aliphatic carbocycles. The van der Waals surface area contributed by atoms with E-state index in [0.29, 0.717) is 27.8 Å². The lowest BCUT2D eigenvalue weighted by Gasteiger charge is -2.43.